The van der Waals surface area contributed by atoms with Crippen molar-refractivity contribution in [2.24, 2.45) is 0 Å². The van der Waals surface area contributed by atoms with E-state index in [9.17, 15) is 14.4 Å². The van der Waals surface area contributed by atoms with Crippen LogP contribution in [-0.2, 0) is 11.4 Å². The Kier molecular flexibility index (Phi) is 7.30. The average Bonchev–Trinajstić information content (AvgIpc) is 2.74. The first-order chi connectivity index (χ1) is 14.9. The number of amides is 1. The third-order valence-corrected chi connectivity index (χ3v) is 4.81. The number of anilines is 1. The van der Waals surface area contributed by atoms with Crippen LogP contribution in [0.25, 0.3) is 6.08 Å². The minimum Gasteiger partial charge on any atom is -0.487 e. The summed E-state index contributed by atoms with van der Waals surface area (Å²) < 4.78 is 18.9. The maximum absolute atomic E-state index is 13.1. The molecule has 0 heterocycles. The number of nitrogens with zero attached hydrogens (tertiary/aromatic N) is 1. The van der Waals surface area contributed by atoms with Crippen LogP contribution in [0.4, 0.5) is 10.1 Å². The lowest BCUT2D eigenvalue weighted by Gasteiger charge is -2.13. The van der Waals surface area contributed by atoms with E-state index in [0.29, 0.717) is 22.0 Å². The predicted octanol–water partition coefficient (Wildman–Crippen LogP) is 6.57. The van der Waals surface area contributed by atoms with Crippen LogP contribution < -0.4 is 10.1 Å². The Morgan fingerprint density at radius 3 is 2.45 bits per heavy atom. The van der Waals surface area contributed by atoms with Crippen LogP contribution in [0, 0.1) is 24.1 Å². The second-order valence-electron chi connectivity index (χ2n) is 6.71. The summed E-state index contributed by atoms with van der Waals surface area (Å²) in [5.41, 5.74) is 2.61. The quantitative estimate of drug-likeness (QED) is 0.338. The lowest BCUT2D eigenvalue weighted by atomic mass is 10.1. The molecule has 0 unspecified atom stereocenters. The Morgan fingerprint density at radius 2 is 1.81 bits per heavy atom. The summed E-state index contributed by atoms with van der Waals surface area (Å²) in [6.45, 7) is 2.23. The van der Waals surface area contributed by atoms with Crippen molar-refractivity contribution in [2.45, 2.75) is 13.5 Å². The highest BCUT2D eigenvalue weighted by Gasteiger charge is 2.15. The number of rotatable bonds is 6. The molecule has 1 N–H and O–H groups in total. The Labute approximate surface area is 189 Å². The highest BCUT2D eigenvalue weighted by molar-refractivity contribution is 6.36. The van der Waals surface area contributed by atoms with Crippen molar-refractivity contribution < 1.29 is 13.9 Å². The van der Waals surface area contributed by atoms with Crippen LogP contribution in [0.15, 0.2) is 66.2 Å². The van der Waals surface area contributed by atoms with E-state index in [0.717, 1.165) is 11.1 Å². The molecule has 0 aliphatic carbocycles. The van der Waals surface area contributed by atoms with Crippen molar-refractivity contribution in [1.29, 1.82) is 5.26 Å². The molecule has 0 saturated carbocycles. The van der Waals surface area contributed by atoms with Gasteiger partial charge in [-0.15, -0.1) is 0 Å². The number of aryl methyl sites for hydroxylation is 1. The molecule has 156 valence electrons. The van der Waals surface area contributed by atoms with Gasteiger partial charge in [0, 0.05) is 16.3 Å². The molecule has 0 aliphatic rings. The van der Waals surface area contributed by atoms with Gasteiger partial charge >= 0.3 is 0 Å². The van der Waals surface area contributed by atoms with Crippen molar-refractivity contribution in [1.82, 2.24) is 0 Å². The van der Waals surface area contributed by atoms with Crippen LogP contribution in [0.2, 0.25) is 10.0 Å². The van der Waals surface area contributed by atoms with Crippen LogP contribution >= 0.6 is 23.2 Å². The molecule has 0 spiro atoms. The maximum atomic E-state index is 13.1. The molecule has 0 aromatic heterocycles. The first-order valence-electron chi connectivity index (χ1n) is 9.22. The average molecular weight is 455 g/mol. The molecule has 0 radical (unpaired) electrons. The summed E-state index contributed by atoms with van der Waals surface area (Å²) in [7, 11) is 0. The van der Waals surface area contributed by atoms with Gasteiger partial charge in [-0.05, 0) is 55.0 Å². The van der Waals surface area contributed by atoms with Gasteiger partial charge in [0.2, 0.25) is 0 Å². The van der Waals surface area contributed by atoms with Crippen molar-refractivity contribution in [2.75, 3.05) is 5.32 Å². The van der Waals surface area contributed by atoms with E-state index in [1.165, 1.54) is 36.4 Å². The summed E-state index contributed by atoms with van der Waals surface area (Å²) in [6, 6.07) is 18.0. The van der Waals surface area contributed by atoms with Gasteiger partial charge in [-0.1, -0.05) is 53.0 Å². The van der Waals surface area contributed by atoms with E-state index >= 15 is 0 Å². The number of hydrogen-bond donors (Lipinski definition) is 1. The summed E-state index contributed by atoms with van der Waals surface area (Å²) in [4.78, 5) is 12.5. The van der Waals surface area contributed by atoms with Crippen molar-refractivity contribution in [3.05, 3.63) is 98.8 Å². The van der Waals surface area contributed by atoms with E-state index in [1.54, 1.807) is 6.07 Å². The minimum atomic E-state index is -0.658. The maximum Gasteiger partial charge on any atom is 0.266 e. The molecule has 0 fully saturated rings. The molecule has 3 aromatic rings. The van der Waals surface area contributed by atoms with Crippen LogP contribution in [0.5, 0.6) is 5.75 Å². The molecular weight excluding hydrogens is 438 g/mol. The van der Waals surface area contributed by atoms with Crippen LogP contribution in [0.3, 0.4) is 0 Å². The van der Waals surface area contributed by atoms with Crippen LogP contribution in [-0.4, -0.2) is 5.91 Å². The number of benzene rings is 3. The van der Waals surface area contributed by atoms with E-state index in [1.807, 2.05) is 37.3 Å². The molecule has 0 bridgehead atoms. The van der Waals surface area contributed by atoms with E-state index in [4.69, 9.17) is 27.9 Å². The van der Waals surface area contributed by atoms with Gasteiger partial charge in [0.15, 0.2) is 0 Å². The lowest BCUT2D eigenvalue weighted by molar-refractivity contribution is -0.112. The van der Waals surface area contributed by atoms with Crippen LogP contribution in [0.1, 0.15) is 16.7 Å². The summed E-state index contributed by atoms with van der Waals surface area (Å²) >= 11 is 12.4. The Hall–Kier alpha value is -3.33. The topological polar surface area (TPSA) is 62.1 Å². The molecule has 3 aromatic carbocycles. The van der Waals surface area contributed by atoms with Gasteiger partial charge < -0.3 is 10.1 Å². The Morgan fingerprint density at radius 1 is 1.13 bits per heavy atom. The van der Waals surface area contributed by atoms with Crippen molar-refractivity contribution in [3.8, 4) is 11.8 Å². The zero-order valence-electron chi connectivity index (χ0n) is 16.5. The SMILES string of the molecule is Cc1ccc(COc2c(Cl)cc(Cl)cc2/C=C(\C#N)C(=O)Nc2ccc(F)cc2)cc1. The fraction of sp³-hybridized carbons (Fsp3) is 0.0833. The molecule has 0 saturated heterocycles. The third-order valence-electron chi connectivity index (χ3n) is 4.31. The predicted molar refractivity (Wildman–Crippen MR) is 121 cm³/mol. The van der Waals surface area contributed by atoms with E-state index in [2.05, 4.69) is 5.32 Å². The van der Waals surface area contributed by atoms with Gasteiger partial charge in [-0.25, -0.2) is 4.39 Å². The first kappa shape index (κ1) is 22.4. The second kappa shape index (κ2) is 10.1. The summed E-state index contributed by atoms with van der Waals surface area (Å²) in [5.74, 6) is -0.790. The van der Waals surface area contributed by atoms with Crippen molar-refractivity contribution in [3.63, 3.8) is 0 Å². The van der Waals surface area contributed by atoms with E-state index < -0.39 is 11.7 Å². The number of halogens is 3. The molecule has 31 heavy (non-hydrogen) atoms. The molecule has 0 atom stereocenters. The highest BCUT2D eigenvalue weighted by atomic mass is 35.5. The molecule has 0 aliphatic heterocycles. The van der Waals surface area contributed by atoms with Gasteiger partial charge in [-0.2, -0.15) is 5.26 Å². The minimum absolute atomic E-state index is 0.192. The Bertz CT molecular complexity index is 1170. The molecule has 4 nitrogen and oxygen atoms in total. The third kappa shape index (κ3) is 6.08. The molecule has 7 heteroatoms. The smallest absolute Gasteiger partial charge is 0.266 e. The van der Waals surface area contributed by atoms with Gasteiger partial charge in [-0.3, -0.25) is 4.79 Å². The zero-order valence-corrected chi connectivity index (χ0v) is 18.0. The number of carbonyl (C=O) groups is 1. The fourth-order valence-corrected chi connectivity index (χ4v) is 3.28. The molecule has 1 amide bonds. The second-order valence-corrected chi connectivity index (χ2v) is 7.55. The van der Waals surface area contributed by atoms with E-state index in [-0.39, 0.29) is 17.2 Å². The number of hydrogen-bond acceptors (Lipinski definition) is 3. The number of ether oxygens (including phenoxy) is 1. The summed E-state index contributed by atoms with van der Waals surface area (Å²) in [6.07, 6.45) is 1.35. The highest BCUT2D eigenvalue weighted by Crippen LogP contribution is 2.34. The number of nitrogens with one attached hydrogen (secondary N) is 1. The number of nitriles is 1. The van der Waals surface area contributed by atoms with Gasteiger partial charge in [0.05, 0.1) is 5.02 Å². The lowest BCUT2D eigenvalue weighted by Crippen LogP contribution is -2.13. The monoisotopic (exact) mass is 454 g/mol. The molecule has 3 rings (SSSR count). The first-order valence-corrected chi connectivity index (χ1v) is 9.97. The van der Waals surface area contributed by atoms with Crippen molar-refractivity contribution >= 4 is 40.9 Å². The van der Waals surface area contributed by atoms with Gasteiger partial charge in [0.1, 0.15) is 29.8 Å². The normalized spacial score (nSPS) is 11.0. The largest absolute Gasteiger partial charge is 0.487 e. The number of carbonyl (C=O) groups excluding carboxylic acids is 1. The fourth-order valence-electron chi connectivity index (χ4n) is 2.72. The summed E-state index contributed by atoms with van der Waals surface area (Å²) in [5, 5.41) is 12.6. The molecular formula is C24H17Cl2FN2O2. The standard InChI is InChI=1S/C24H17Cl2FN2O2/c1-15-2-4-16(5-3-15)14-31-23-17(11-19(25)12-22(23)26)10-18(13-28)24(30)29-21-8-6-20(27)7-9-21/h2-12H,14H2,1H3,(H,29,30)/b18-10+. The van der Waals surface area contributed by atoms with Gasteiger partial charge in [0.25, 0.3) is 5.91 Å². The Balaban J connectivity index is 1.87. The zero-order chi connectivity index (χ0) is 22.4.